The monoisotopic (exact) mass is 394 g/mol. The topological polar surface area (TPSA) is 91.8 Å². The molecule has 0 saturated carbocycles. The van der Waals surface area contributed by atoms with Crippen molar-refractivity contribution in [2.75, 3.05) is 17.2 Å². The van der Waals surface area contributed by atoms with Crippen molar-refractivity contribution in [3.8, 4) is 0 Å². The molecule has 150 valence electrons. The lowest BCUT2D eigenvalue weighted by atomic mass is 10.1. The van der Waals surface area contributed by atoms with E-state index in [0.717, 1.165) is 12.0 Å². The molecule has 8 heteroatoms. The molecule has 1 atom stereocenters. The molecule has 0 spiro atoms. The normalized spacial score (nSPS) is 11.6. The van der Waals surface area contributed by atoms with Crippen molar-refractivity contribution >= 4 is 23.4 Å². The Morgan fingerprint density at radius 3 is 2.55 bits per heavy atom. The first-order chi connectivity index (χ1) is 14.0. The first-order valence-corrected chi connectivity index (χ1v) is 9.40. The van der Waals surface area contributed by atoms with Gasteiger partial charge in [-0.25, -0.2) is 14.4 Å². The fourth-order valence-corrected chi connectivity index (χ4v) is 2.69. The maximum Gasteiger partial charge on any atom is 0.251 e. The van der Waals surface area contributed by atoms with E-state index in [1.807, 2.05) is 13.8 Å². The Kier molecular flexibility index (Phi) is 6.67. The molecule has 1 amide bonds. The van der Waals surface area contributed by atoms with Crippen LogP contribution in [0.1, 0.15) is 42.2 Å². The number of anilines is 3. The average molecular weight is 394 g/mol. The number of hydrogen-bond acceptors (Lipinski definition) is 6. The Hall–Kier alpha value is -3.55. The molecule has 0 aliphatic heterocycles. The molecule has 29 heavy (non-hydrogen) atoms. The fourth-order valence-electron chi connectivity index (χ4n) is 2.69. The minimum atomic E-state index is -0.288. The van der Waals surface area contributed by atoms with Gasteiger partial charge in [-0.05, 0) is 43.2 Å². The van der Waals surface area contributed by atoms with Gasteiger partial charge in [-0.2, -0.15) is 0 Å². The van der Waals surface area contributed by atoms with Gasteiger partial charge in [0.25, 0.3) is 5.91 Å². The second kappa shape index (κ2) is 9.59. The van der Waals surface area contributed by atoms with Crippen molar-refractivity contribution < 1.29 is 9.18 Å². The van der Waals surface area contributed by atoms with Crippen LogP contribution in [0.2, 0.25) is 0 Å². The summed E-state index contributed by atoms with van der Waals surface area (Å²) in [4.78, 5) is 25.2. The molecule has 2 heterocycles. The van der Waals surface area contributed by atoms with Crippen molar-refractivity contribution in [3.63, 3.8) is 0 Å². The Morgan fingerprint density at radius 1 is 1.10 bits per heavy atom. The minimum Gasteiger partial charge on any atom is -0.363 e. The van der Waals surface area contributed by atoms with E-state index >= 15 is 0 Å². The molecule has 3 rings (SSSR count). The van der Waals surface area contributed by atoms with Gasteiger partial charge in [-0.15, -0.1) is 0 Å². The van der Waals surface area contributed by atoms with Crippen molar-refractivity contribution in [1.82, 2.24) is 20.3 Å². The maximum atomic E-state index is 13.2. The molecule has 1 aromatic carbocycles. The predicted molar refractivity (Wildman–Crippen MR) is 111 cm³/mol. The molecule has 0 aliphatic carbocycles. The summed E-state index contributed by atoms with van der Waals surface area (Å²) in [5, 5.41) is 9.19. The second-order valence-electron chi connectivity index (χ2n) is 6.52. The lowest BCUT2D eigenvalue weighted by Crippen LogP contribution is -2.24. The fraction of sp³-hybridized carbons (Fsp3) is 0.238. The summed E-state index contributed by atoms with van der Waals surface area (Å²) >= 11 is 0. The van der Waals surface area contributed by atoms with Gasteiger partial charge in [0.15, 0.2) is 0 Å². The van der Waals surface area contributed by atoms with Crippen LogP contribution in [-0.2, 0) is 0 Å². The highest BCUT2D eigenvalue weighted by Gasteiger charge is 2.13. The SMILES string of the molecule is CCCNC(=O)c1cc(Nc2cnccn2)nc(NC(C)c2ccc(F)cc2)c1. The van der Waals surface area contributed by atoms with E-state index in [0.29, 0.717) is 29.6 Å². The zero-order valence-electron chi connectivity index (χ0n) is 16.3. The highest BCUT2D eigenvalue weighted by molar-refractivity contribution is 5.95. The molecule has 3 N–H and O–H groups in total. The third kappa shape index (κ3) is 5.71. The Bertz CT molecular complexity index is 949. The van der Waals surface area contributed by atoms with E-state index in [4.69, 9.17) is 0 Å². The number of carbonyl (C=O) groups is 1. The number of nitrogens with one attached hydrogen (secondary N) is 3. The van der Waals surface area contributed by atoms with Crippen LogP contribution in [0.5, 0.6) is 0 Å². The summed E-state index contributed by atoms with van der Waals surface area (Å²) in [6.07, 6.45) is 5.55. The van der Waals surface area contributed by atoms with Gasteiger partial charge in [0.05, 0.1) is 6.20 Å². The second-order valence-corrected chi connectivity index (χ2v) is 6.52. The summed E-state index contributed by atoms with van der Waals surface area (Å²) < 4.78 is 13.2. The number of rotatable bonds is 8. The van der Waals surface area contributed by atoms with Crippen LogP contribution in [0.4, 0.5) is 21.8 Å². The number of aromatic nitrogens is 3. The van der Waals surface area contributed by atoms with Gasteiger partial charge in [-0.1, -0.05) is 19.1 Å². The number of halogens is 1. The van der Waals surface area contributed by atoms with Crippen LogP contribution >= 0.6 is 0 Å². The van der Waals surface area contributed by atoms with Crippen molar-refractivity contribution in [3.05, 3.63) is 71.9 Å². The van der Waals surface area contributed by atoms with Crippen LogP contribution in [0.25, 0.3) is 0 Å². The highest BCUT2D eigenvalue weighted by Crippen LogP contribution is 2.22. The van der Waals surface area contributed by atoms with Crippen molar-refractivity contribution in [1.29, 1.82) is 0 Å². The first kappa shape index (κ1) is 20.2. The zero-order valence-corrected chi connectivity index (χ0v) is 16.3. The lowest BCUT2D eigenvalue weighted by molar-refractivity contribution is 0.0953. The summed E-state index contributed by atoms with van der Waals surface area (Å²) in [5.74, 6) is 1.02. The van der Waals surface area contributed by atoms with E-state index in [-0.39, 0.29) is 17.8 Å². The smallest absolute Gasteiger partial charge is 0.251 e. The minimum absolute atomic E-state index is 0.138. The number of nitrogens with zero attached hydrogens (tertiary/aromatic N) is 3. The molecule has 0 aliphatic rings. The average Bonchev–Trinajstić information content (AvgIpc) is 2.73. The zero-order chi connectivity index (χ0) is 20.6. The van der Waals surface area contributed by atoms with Gasteiger partial charge < -0.3 is 16.0 Å². The standard InChI is InChI=1S/C21H23FN6O/c1-3-8-25-21(29)16-11-18(26-14(2)15-4-6-17(22)7-5-15)27-19(12-16)28-20-13-23-9-10-24-20/h4-7,9-14H,3,8H2,1-2H3,(H,25,29)(H2,24,26,27,28). The van der Waals surface area contributed by atoms with E-state index in [1.54, 1.807) is 42.9 Å². The van der Waals surface area contributed by atoms with Crippen LogP contribution in [0.3, 0.4) is 0 Å². The molecule has 0 radical (unpaired) electrons. The quantitative estimate of drug-likeness (QED) is 0.533. The highest BCUT2D eigenvalue weighted by atomic mass is 19.1. The van der Waals surface area contributed by atoms with Crippen LogP contribution in [-0.4, -0.2) is 27.4 Å². The van der Waals surface area contributed by atoms with E-state index in [1.165, 1.54) is 12.1 Å². The van der Waals surface area contributed by atoms with E-state index < -0.39 is 0 Å². The number of pyridine rings is 1. The Balaban J connectivity index is 1.86. The molecule has 2 aromatic heterocycles. The van der Waals surface area contributed by atoms with Crippen molar-refractivity contribution in [2.45, 2.75) is 26.3 Å². The molecule has 3 aromatic rings. The lowest BCUT2D eigenvalue weighted by Gasteiger charge is -2.17. The van der Waals surface area contributed by atoms with Gasteiger partial charge in [-0.3, -0.25) is 9.78 Å². The third-order valence-corrected chi connectivity index (χ3v) is 4.18. The molecule has 0 bridgehead atoms. The summed E-state index contributed by atoms with van der Waals surface area (Å²) in [7, 11) is 0. The number of hydrogen-bond donors (Lipinski definition) is 3. The molecule has 7 nitrogen and oxygen atoms in total. The number of carbonyl (C=O) groups excluding carboxylic acids is 1. The predicted octanol–water partition coefficient (Wildman–Crippen LogP) is 4.07. The van der Waals surface area contributed by atoms with Gasteiger partial charge in [0, 0.05) is 30.5 Å². The van der Waals surface area contributed by atoms with Gasteiger partial charge in [0.2, 0.25) is 0 Å². The Labute approximate surface area is 168 Å². The summed E-state index contributed by atoms with van der Waals surface area (Å²) in [6, 6.07) is 9.46. The summed E-state index contributed by atoms with van der Waals surface area (Å²) in [5.41, 5.74) is 1.37. The molecule has 1 unspecified atom stereocenters. The van der Waals surface area contributed by atoms with Gasteiger partial charge >= 0.3 is 0 Å². The van der Waals surface area contributed by atoms with E-state index in [9.17, 15) is 9.18 Å². The van der Waals surface area contributed by atoms with Crippen LogP contribution in [0, 0.1) is 5.82 Å². The van der Waals surface area contributed by atoms with Crippen molar-refractivity contribution in [2.24, 2.45) is 0 Å². The molecular weight excluding hydrogens is 371 g/mol. The van der Waals surface area contributed by atoms with E-state index in [2.05, 4.69) is 30.9 Å². The van der Waals surface area contributed by atoms with Crippen LogP contribution < -0.4 is 16.0 Å². The summed E-state index contributed by atoms with van der Waals surface area (Å²) in [6.45, 7) is 4.52. The van der Waals surface area contributed by atoms with Crippen LogP contribution in [0.15, 0.2) is 55.0 Å². The Morgan fingerprint density at radius 2 is 1.86 bits per heavy atom. The molecular formula is C21H23FN6O. The number of amides is 1. The number of benzene rings is 1. The molecule has 0 fully saturated rings. The largest absolute Gasteiger partial charge is 0.363 e. The van der Waals surface area contributed by atoms with Gasteiger partial charge in [0.1, 0.15) is 23.3 Å². The third-order valence-electron chi connectivity index (χ3n) is 4.18. The first-order valence-electron chi connectivity index (χ1n) is 9.40. The molecule has 0 saturated heterocycles. The maximum absolute atomic E-state index is 13.2.